The molecule has 1 unspecified atom stereocenters. The maximum atomic E-state index is 13.4. The second-order valence-electron chi connectivity index (χ2n) is 9.22. The maximum absolute atomic E-state index is 13.4. The van der Waals surface area contributed by atoms with Crippen molar-refractivity contribution in [3.8, 4) is 11.5 Å². The van der Waals surface area contributed by atoms with Gasteiger partial charge in [-0.15, -0.1) is 11.8 Å². The first-order valence-electron chi connectivity index (χ1n) is 13.2. The van der Waals surface area contributed by atoms with Gasteiger partial charge in [-0.2, -0.15) is 0 Å². The lowest BCUT2D eigenvalue weighted by atomic mass is 10.1. The van der Waals surface area contributed by atoms with Gasteiger partial charge in [-0.05, 0) is 85.8 Å². The van der Waals surface area contributed by atoms with Crippen LogP contribution in [0.3, 0.4) is 0 Å². The lowest BCUT2D eigenvalue weighted by Crippen LogP contribution is -2.30. The zero-order valence-electron chi connectivity index (χ0n) is 23.7. The number of amides is 3. The van der Waals surface area contributed by atoms with Gasteiger partial charge in [-0.1, -0.05) is 18.2 Å². The van der Waals surface area contributed by atoms with Crippen LogP contribution in [-0.4, -0.2) is 37.2 Å². The zero-order valence-corrected chi connectivity index (χ0v) is 24.5. The molecule has 4 rings (SSSR count). The van der Waals surface area contributed by atoms with Crippen LogP contribution in [0.2, 0.25) is 0 Å². The predicted molar refractivity (Wildman–Crippen MR) is 167 cm³/mol. The molecule has 0 saturated carbocycles. The van der Waals surface area contributed by atoms with Crippen LogP contribution in [-0.2, 0) is 9.59 Å². The molecule has 220 valence electrons. The van der Waals surface area contributed by atoms with E-state index in [0.29, 0.717) is 34.0 Å². The molecule has 0 aromatic heterocycles. The third-order valence-electron chi connectivity index (χ3n) is 6.18. The lowest BCUT2D eigenvalue weighted by Gasteiger charge is -2.14. The first-order valence-corrected chi connectivity index (χ1v) is 14.1. The number of carbonyl (C=O) groups excluding carboxylic acids is 3. The van der Waals surface area contributed by atoms with E-state index < -0.39 is 17.1 Å². The Morgan fingerprint density at radius 3 is 2.12 bits per heavy atom. The van der Waals surface area contributed by atoms with Crippen molar-refractivity contribution in [3.05, 3.63) is 120 Å². The maximum Gasteiger partial charge on any atom is 0.272 e. The van der Waals surface area contributed by atoms with Crippen LogP contribution in [0.15, 0.2) is 108 Å². The van der Waals surface area contributed by atoms with Crippen LogP contribution < -0.4 is 25.4 Å². The van der Waals surface area contributed by atoms with Gasteiger partial charge in [0.25, 0.3) is 11.8 Å². The molecule has 3 amide bonds. The molecule has 4 aromatic carbocycles. The Bertz CT molecular complexity index is 1610. The highest BCUT2D eigenvalue weighted by Gasteiger charge is 2.18. The summed E-state index contributed by atoms with van der Waals surface area (Å²) in [6.07, 6.45) is 1.53. The number of hydrogen-bond donors (Lipinski definition) is 3. The van der Waals surface area contributed by atoms with E-state index in [1.54, 1.807) is 79.7 Å². The third-order valence-corrected chi connectivity index (χ3v) is 7.29. The van der Waals surface area contributed by atoms with Gasteiger partial charge in [-0.3, -0.25) is 14.4 Å². The normalized spacial score (nSPS) is 11.7. The zero-order chi connectivity index (χ0) is 30.8. The van der Waals surface area contributed by atoms with Crippen LogP contribution >= 0.6 is 11.8 Å². The molecular weight excluding hydrogens is 569 g/mol. The number of anilines is 2. The number of nitrogens with one attached hydrogen (secondary N) is 3. The van der Waals surface area contributed by atoms with E-state index in [0.717, 1.165) is 4.90 Å². The Morgan fingerprint density at radius 2 is 1.47 bits per heavy atom. The number of hydrogen-bond acceptors (Lipinski definition) is 6. The number of halogens is 1. The van der Waals surface area contributed by atoms with Gasteiger partial charge >= 0.3 is 0 Å². The van der Waals surface area contributed by atoms with E-state index in [1.807, 2.05) is 0 Å². The van der Waals surface area contributed by atoms with E-state index in [4.69, 9.17) is 9.47 Å². The Kier molecular flexibility index (Phi) is 10.5. The van der Waals surface area contributed by atoms with Gasteiger partial charge in [0, 0.05) is 33.5 Å². The molecule has 0 aliphatic rings. The quantitative estimate of drug-likeness (QED) is 0.137. The van der Waals surface area contributed by atoms with Gasteiger partial charge in [0.1, 0.15) is 23.0 Å². The summed E-state index contributed by atoms with van der Waals surface area (Å²) in [6.45, 7) is 1.76. The Labute approximate surface area is 253 Å². The Morgan fingerprint density at radius 1 is 0.814 bits per heavy atom. The monoisotopic (exact) mass is 599 g/mol. The summed E-state index contributed by atoms with van der Waals surface area (Å²) in [4.78, 5) is 39.7. The van der Waals surface area contributed by atoms with Crippen molar-refractivity contribution in [1.29, 1.82) is 0 Å². The molecule has 43 heavy (non-hydrogen) atoms. The minimum Gasteiger partial charge on any atom is -0.497 e. The fraction of sp³-hybridized carbons (Fsp3) is 0.121. The van der Waals surface area contributed by atoms with Gasteiger partial charge < -0.3 is 25.4 Å². The highest BCUT2D eigenvalue weighted by Crippen LogP contribution is 2.28. The SMILES string of the molecule is COc1ccc(/C=C(\NC(=O)c2ccccc2)C(=O)Nc2ccc(SC(C)C(=O)Nc3ccc(F)cc3)cc2)c(OC)c1. The van der Waals surface area contributed by atoms with Crippen molar-refractivity contribution >= 4 is 46.9 Å². The highest BCUT2D eigenvalue weighted by molar-refractivity contribution is 8.00. The molecule has 8 nitrogen and oxygen atoms in total. The molecule has 0 saturated heterocycles. The fourth-order valence-electron chi connectivity index (χ4n) is 3.89. The molecule has 10 heteroatoms. The summed E-state index contributed by atoms with van der Waals surface area (Å²) in [5.41, 5.74) is 1.94. The third kappa shape index (κ3) is 8.70. The van der Waals surface area contributed by atoms with E-state index in [-0.39, 0.29) is 17.4 Å². The summed E-state index contributed by atoms with van der Waals surface area (Å²) in [7, 11) is 3.04. The van der Waals surface area contributed by atoms with Crippen LogP contribution in [0.4, 0.5) is 15.8 Å². The minimum atomic E-state index is -0.547. The van der Waals surface area contributed by atoms with Crippen molar-refractivity contribution in [2.45, 2.75) is 17.1 Å². The van der Waals surface area contributed by atoms with E-state index in [1.165, 1.54) is 56.3 Å². The molecule has 0 fully saturated rings. The predicted octanol–water partition coefficient (Wildman–Crippen LogP) is 6.37. The van der Waals surface area contributed by atoms with E-state index in [2.05, 4.69) is 16.0 Å². The molecule has 0 aliphatic heterocycles. The summed E-state index contributed by atoms with van der Waals surface area (Å²) >= 11 is 1.33. The Balaban J connectivity index is 1.48. The average Bonchev–Trinajstić information content (AvgIpc) is 3.03. The molecular formula is C33H30FN3O5S. The number of ether oxygens (including phenoxy) is 2. The smallest absolute Gasteiger partial charge is 0.272 e. The van der Waals surface area contributed by atoms with Crippen LogP contribution in [0.25, 0.3) is 6.08 Å². The summed E-state index contributed by atoms with van der Waals surface area (Å²) in [6, 6.07) is 26.2. The molecule has 0 aliphatic carbocycles. The van der Waals surface area contributed by atoms with E-state index in [9.17, 15) is 18.8 Å². The van der Waals surface area contributed by atoms with Gasteiger partial charge in [0.2, 0.25) is 5.91 Å². The van der Waals surface area contributed by atoms with Crippen molar-refractivity contribution in [2.24, 2.45) is 0 Å². The Hall–Kier alpha value is -5.09. The van der Waals surface area contributed by atoms with Crippen LogP contribution in [0.5, 0.6) is 11.5 Å². The number of rotatable bonds is 11. The van der Waals surface area contributed by atoms with Crippen molar-refractivity contribution in [3.63, 3.8) is 0 Å². The summed E-state index contributed by atoms with van der Waals surface area (Å²) in [5.74, 6) is -0.573. The summed E-state index contributed by atoms with van der Waals surface area (Å²) in [5, 5.41) is 7.85. The van der Waals surface area contributed by atoms with Gasteiger partial charge in [0.05, 0.1) is 19.5 Å². The van der Waals surface area contributed by atoms with Gasteiger partial charge in [-0.25, -0.2) is 4.39 Å². The van der Waals surface area contributed by atoms with E-state index >= 15 is 0 Å². The van der Waals surface area contributed by atoms with Crippen molar-refractivity contribution in [2.75, 3.05) is 24.9 Å². The molecule has 4 aromatic rings. The number of benzene rings is 4. The second kappa shape index (κ2) is 14.7. The standard InChI is InChI=1S/C33H30FN3O5S/c1-21(31(38)35-25-12-10-24(34)11-13-25)43-28-17-14-26(15-18-28)36-33(40)29(37-32(39)22-7-5-4-6-8-22)19-23-9-16-27(41-2)20-30(23)42-3/h4-21H,1-3H3,(H,35,38)(H,36,40)(H,37,39)/b29-19-. The minimum absolute atomic E-state index is 0.00172. The number of methoxy groups -OCH3 is 2. The second-order valence-corrected chi connectivity index (χ2v) is 10.6. The van der Waals surface area contributed by atoms with Crippen molar-refractivity contribution in [1.82, 2.24) is 5.32 Å². The number of carbonyl (C=O) groups is 3. The first kappa shape index (κ1) is 30.9. The molecule has 3 N–H and O–H groups in total. The van der Waals surface area contributed by atoms with Gasteiger partial charge in [0.15, 0.2) is 0 Å². The topological polar surface area (TPSA) is 106 Å². The molecule has 0 spiro atoms. The first-order chi connectivity index (χ1) is 20.7. The summed E-state index contributed by atoms with van der Waals surface area (Å²) < 4.78 is 23.9. The van der Waals surface area contributed by atoms with Crippen LogP contribution in [0.1, 0.15) is 22.8 Å². The average molecular weight is 600 g/mol. The molecule has 0 heterocycles. The molecule has 0 radical (unpaired) electrons. The fourth-order valence-corrected chi connectivity index (χ4v) is 4.75. The largest absolute Gasteiger partial charge is 0.497 e. The highest BCUT2D eigenvalue weighted by atomic mass is 32.2. The van der Waals surface area contributed by atoms with Crippen molar-refractivity contribution < 1.29 is 28.2 Å². The van der Waals surface area contributed by atoms with Crippen LogP contribution in [0, 0.1) is 5.82 Å². The number of thioether (sulfide) groups is 1. The molecule has 0 bridgehead atoms. The molecule has 1 atom stereocenters. The lowest BCUT2D eigenvalue weighted by molar-refractivity contribution is -0.115.